The second-order valence-electron chi connectivity index (χ2n) is 7.15. The fourth-order valence-electron chi connectivity index (χ4n) is 3.44. The minimum absolute atomic E-state index is 0.159. The van der Waals surface area contributed by atoms with E-state index in [1.165, 1.54) is 0 Å². The van der Waals surface area contributed by atoms with Crippen molar-refractivity contribution in [2.75, 3.05) is 23.3 Å². The number of fused-ring (bicyclic) bond motifs is 1. The van der Waals surface area contributed by atoms with Crippen LogP contribution in [0.15, 0.2) is 18.2 Å². The van der Waals surface area contributed by atoms with Gasteiger partial charge in [0, 0.05) is 25.7 Å². The number of nitrogens with one attached hydrogen (secondary N) is 1. The molecular weight excluding hydrogens is 340 g/mol. The summed E-state index contributed by atoms with van der Waals surface area (Å²) in [6, 6.07) is 5.44. The number of benzene rings is 1. The number of carbonyl (C=O) groups is 1. The van der Waals surface area contributed by atoms with E-state index in [1.807, 2.05) is 38.6 Å². The highest BCUT2D eigenvalue weighted by molar-refractivity contribution is 6.07. The van der Waals surface area contributed by atoms with Crippen molar-refractivity contribution in [3.63, 3.8) is 0 Å². The normalized spacial score (nSPS) is 14.1. The van der Waals surface area contributed by atoms with Crippen LogP contribution in [0.5, 0.6) is 0 Å². The smallest absolute Gasteiger partial charge is 0.255 e. The topological polar surface area (TPSA) is 75.9 Å². The Balaban J connectivity index is 1.66. The van der Waals surface area contributed by atoms with Crippen LogP contribution in [0, 0.1) is 20.8 Å². The molecular formula is C20H24N6O. The summed E-state index contributed by atoms with van der Waals surface area (Å²) in [5, 5.41) is 7.69. The second-order valence-corrected chi connectivity index (χ2v) is 7.15. The molecule has 7 heteroatoms. The monoisotopic (exact) mass is 364 g/mol. The maximum Gasteiger partial charge on any atom is 0.255 e. The van der Waals surface area contributed by atoms with Crippen LogP contribution in [-0.2, 0) is 7.05 Å². The molecule has 0 saturated carbocycles. The number of aryl methyl sites for hydroxylation is 3. The number of aromatic nitrogens is 4. The average Bonchev–Trinajstić information content (AvgIpc) is 3.26. The standard InChI is InChI=1S/C20H24N6O/c1-12-13(2)22-17-11-15(7-8-16(17)21-12)20(27)23-18-14(3)25(4)24-19(18)26-9-5-6-10-26/h7-8,11H,5-6,9-10H2,1-4H3,(H,23,27). The fraction of sp³-hybridized carbons (Fsp3) is 0.400. The number of carbonyl (C=O) groups excluding carboxylic acids is 1. The van der Waals surface area contributed by atoms with Crippen LogP contribution in [0.2, 0.25) is 0 Å². The Hall–Kier alpha value is -2.96. The van der Waals surface area contributed by atoms with Gasteiger partial charge in [-0.15, -0.1) is 0 Å². The van der Waals surface area contributed by atoms with Crippen molar-refractivity contribution in [2.45, 2.75) is 33.6 Å². The molecule has 27 heavy (non-hydrogen) atoms. The lowest BCUT2D eigenvalue weighted by atomic mass is 10.1. The van der Waals surface area contributed by atoms with Crippen molar-refractivity contribution in [3.05, 3.63) is 40.8 Å². The summed E-state index contributed by atoms with van der Waals surface area (Å²) < 4.78 is 1.82. The molecule has 3 aromatic rings. The van der Waals surface area contributed by atoms with Crippen LogP contribution in [0.4, 0.5) is 11.5 Å². The first-order valence-electron chi connectivity index (χ1n) is 9.29. The van der Waals surface area contributed by atoms with E-state index >= 15 is 0 Å². The minimum Gasteiger partial charge on any atom is -0.353 e. The summed E-state index contributed by atoms with van der Waals surface area (Å²) >= 11 is 0. The SMILES string of the molecule is Cc1nc2ccc(C(=O)Nc3c(N4CCCC4)nn(C)c3C)cc2nc1C. The molecule has 0 unspecified atom stereocenters. The molecule has 1 N–H and O–H groups in total. The van der Waals surface area contributed by atoms with Crippen molar-refractivity contribution >= 4 is 28.4 Å². The summed E-state index contributed by atoms with van der Waals surface area (Å²) in [4.78, 5) is 24.2. The van der Waals surface area contributed by atoms with Crippen LogP contribution in [0.25, 0.3) is 11.0 Å². The van der Waals surface area contributed by atoms with Crippen molar-refractivity contribution in [1.82, 2.24) is 19.7 Å². The van der Waals surface area contributed by atoms with E-state index in [9.17, 15) is 4.79 Å². The summed E-state index contributed by atoms with van der Waals surface area (Å²) in [6.45, 7) is 7.79. The molecule has 0 atom stereocenters. The number of rotatable bonds is 3. The third-order valence-electron chi connectivity index (χ3n) is 5.30. The van der Waals surface area contributed by atoms with Gasteiger partial charge in [-0.25, -0.2) is 9.97 Å². The van der Waals surface area contributed by atoms with Gasteiger partial charge in [-0.2, -0.15) is 5.10 Å². The molecule has 0 radical (unpaired) electrons. The number of hydrogen-bond acceptors (Lipinski definition) is 5. The van der Waals surface area contributed by atoms with E-state index in [0.29, 0.717) is 5.56 Å². The van der Waals surface area contributed by atoms with Gasteiger partial charge in [0.05, 0.1) is 28.1 Å². The zero-order valence-electron chi connectivity index (χ0n) is 16.2. The van der Waals surface area contributed by atoms with Gasteiger partial charge in [-0.05, 0) is 51.8 Å². The molecule has 0 aliphatic carbocycles. The van der Waals surface area contributed by atoms with Crippen molar-refractivity contribution in [1.29, 1.82) is 0 Å². The Labute approximate surface area is 158 Å². The first-order chi connectivity index (χ1) is 12.9. The Bertz CT molecular complexity index is 1030. The molecule has 1 fully saturated rings. The highest BCUT2D eigenvalue weighted by Crippen LogP contribution is 2.31. The van der Waals surface area contributed by atoms with E-state index in [2.05, 4.69) is 25.3 Å². The quantitative estimate of drug-likeness (QED) is 0.773. The zero-order chi connectivity index (χ0) is 19.1. The number of anilines is 2. The van der Waals surface area contributed by atoms with Crippen molar-refractivity contribution in [3.8, 4) is 0 Å². The van der Waals surface area contributed by atoms with Gasteiger partial charge in [-0.1, -0.05) is 0 Å². The molecule has 7 nitrogen and oxygen atoms in total. The minimum atomic E-state index is -0.159. The van der Waals surface area contributed by atoms with Gasteiger partial charge in [0.25, 0.3) is 5.91 Å². The third kappa shape index (κ3) is 3.13. The Morgan fingerprint density at radius 1 is 1.04 bits per heavy atom. The lowest BCUT2D eigenvalue weighted by Crippen LogP contribution is -2.21. The predicted octanol–water partition coefficient (Wildman–Crippen LogP) is 3.14. The number of nitrogens with zero attached hydrogens (tertiary/aromatic N) is 5. The lowest BCUT2D eigenvalue weighted by Gasteiger charge is -2.16. The maximum atomic E-state index is 12.9. The van der Waals surface area contributed by atoms with Gasteiger partial charge in [0.2, 0.25) is 0 Å². The molecule has 1 aromatic carbocycles. The number of hydrogen-bond donors (Lipinski definition) is 1. The molecule has 1 aliphatic rings. The van der Waals surface area contributed by atoms with Crippen LogP contribution < -0.4 is 10.2 Å². The Morgan fingerprint density at radius 3 is 2.41 bits per heavy atom. The van der Waals surface area contributed by atoms with Crippen molar-refractivity contribution in [2.24, 2.45) is 7.05 Å². The highest BCUT2D eigenvalue weighted by atomic mass is 16.1. The average molecular weight is 364 g/mol. The summed E-state index contributed by atoms with van der Waals surface area (Å²) in [6.07, 6.45) is 2.32. The molecule has 3 heterocycles. The third-order valence-corrected chi connectivity index (χ3v) is 5.30. The molecule has 4 rings (SSSR count). The molecule has 2 aromatic heterocycles. The lowest BCUT2D eigenvalue weighted by molar-refractivity contribution is 0.102. The van der Waals surface area contributed by atoms with Crippen LogP contribution >= 0.6 is 0 Å². The first kappa shape index (κ1) is 17.5. The van der Waals surface area contributed by atoms with Gasteiger partial charge >= 0.3 is 0 Å². The summed E-state index contributed by atoms with van der Waals surface area (Å²) in [7, 11) is 1.90. The van der Waals surface area contributed by atoms with Crippen LogP contribution in [0.3, 0.4) is 0 Å². The molecule has 1 amide bonds. The summed E-state index contributed by atoms with van der Waals surface area (Å²) in [5.41, 5.74) is 5.60. The predicted molar refractivity (Wildman–Crippen MR) is 106 cm³/mol. The van der Waals surface area contributed by atoms with E-state index in [-0.39, 0.29) is 5.91 Å². The van der Waals surface area contributed by atoms with E-state index < -0.39 is 0 Å². The molecule has 1 saturated heterocycles. The van der Waals surface area contributed by atoms with E-state index in [0.717, 1.165) is 65.6 Å². The largest absolute Gasteiger partial charge is 0.353 e. The fourth-order valence-corrected chi connectivity index (χ4v) is 3.44. The first-order valence-corrected chi connectivity index (χ1v) is 9.29. The Kier molecular flexibility index (Phi) is 4.30. The van der Waals surface area contributed by atoms with Crippen molar-refractivity contribution < 1.29 is 4.79 Å². The second kappa shape index (κ2) is 6.64. The van der Waals surface area contributed by atoms with Crippen LogP contribution in [-0.4, -0.2) is 38.7 Å². The maximum absolute atomic E-state index is 12.9. The van der Waals surface area contributed by atoms with Gasteiger partial charge in [0.1, 0.15) is 5.69 Å². The van der Waals surface area contributed by atoms with E-state index in [1.54, 1.807) is 12.1 Å². The van der Waals surface area contributed by atoms with E-state index in [4.69, 9.17) is 0 Å². The van der Waals surface area contributed by atoms with Gasteiger partial charge < -0.3 is 10.2 Å². The van der Waals surface area contributed by atoms with Gasteiger partial charge in [0.15, 0.2) is 5.82 Å². The molecule has 1 aliphatic heterocycles. The van der Waals surface area contributed by atoms with Gasteiger partial charge in [-0.3, -0.25) is 9.48 Å². The zero-order valence-corrected chi connectivity index (χ0v) is 16.2. The Morgan fingerprint density at radius 2 is 1.70 bits per heavy atom. The molecule has 140 valence electrons. The highest BCUT2D eigenvalue weighted by Gasteiger charge is 2.23. The van der Waals surface area contributed by atoms with Crippen LogP contribution in [0.1, 0.15) is 40.3 Å². The molecule has 0 bridgehead atoms. The number of amides is 1. The molecule has 0 spiro atoms. The summed E-state index contributed by atoms with van der Waals surface area (Å²) in [5.74, 6) is 0.696.